The van der Waals surface area contributed by atoms with E-state index in [1.54, 1.807) is 24.3 Å². The van der Waals surface area contributed by atoms with Gasteiger partial charge in [0.25, 0.3) is 0 Å². The molecule has 5 heteroatoms. The van der Waals surface area contributed by atoms with Crippen molar-refractivity contribution in [1.82, 2.24) is 0 Å². The van der Waals surface area contributed by atoms with Crippen molar-refractivity contribution in [2.75, 3.05) is 12.3 Å². The summed E-state index contributed by atoms with van der Waals surface area (Å²) in [5.74, 6) is 4.37. The number of fused-ring (bicyclic) bond motifs is 5. The summed E-state index contributed by atoms with van der Waals surface area (Å²) in [6, 6.07) is 6.54. The molecule has 0 amide bonds. The summed E-state index contributed by atoms with van der Waals surface area (Å²) in [5.41, 5.74) is 6.78. The van der Waals surface area contributed by atoms with E-state index in [1.165, 1.54) is 38.5 Å². The molecule has 0 saturated heterocycles. The molecule has 8 atom stereocenters. The summed E-state index contributed by atoms with van der Waals surface area (Å²) in [6.45, 7) is 7.19. The summed E-state index contributed by atoms with van der Waals surface area (Å²) in [6.07, 6.45) is 10.5. The maximum Gasteiger partial charge on any atom is 0.514 e. The van der Waals surface area contributed by atoms with Gasteiger partial charge in [-0.3, -0.25) is 4.79 Å². The second-order valence-electron chi connectivity index (χ2n) is 12.4. The van der Waals surface area contributed by atoms with E-state index in [2.05, 4.69) is 20.8 Å². The molecule has 1 aromatic rings. The molecule has 4 aliphatic carbocycles. The average Bonchev–Trinajstić information content (AvgIpc) is 3.17. The van der Waals surface area contributed by atoms with E-state index in [9.17, 15) is 9.59 Å². The minimum Gasteiger partial charge on any atom is -0.426 e. The minimum absolute atomic E-state index is 0.0142. The van der Waals surface area contributed by atoms with Gasteiger partial charge in [0.1, 0.15) is 5.75 Å². The van der Waals surface area contributed by atoms with Gasteiger partial charge < -0.3 is 15.2 Å². The van der Waals surface area contributed by atoms with Crippen LogP contribution in [0.2, 0.25) is 0 Å². The Balaban J connectivity index is 1.21. The number of benzene rings is 1. The van der Waals surface area contributed by atoms with E-state index in [-0.39, 0.29) is 23.7 Å². The fraction of sp³-hybridized carbons (Fsp3) is 0.724. The normalized spacial score (nSPS) is 41.0. The molecule has 2 N–H and O–H groups in total. The van der Waals surface area contributed by atoms with Crippen LogP contribution in [-0.2, 0) is 9.53 Å². The number of carbonyl (C=O) groups is 2. The van der Waals surface area contributed by atoms with Gasteiger partial charge in [0.05, 0.1) is 0 Å². The van der Waals surface area contributed by atoms with Gasteiger partial charge in [0, 0.05) is 11.6 Å². The summed E-state index contributed by atoms with van der Waals surface area (Å²) in [4.78, 5) is 25.4. The Morgan fingerprint density at radius 2 is 1.65 bits per heavy atom. The van der Waals surface area contributed by atoms with Gasteiger partial charge in [-0.2, -0.15) is 0 Å². The SMILES string of the molecule is C[C@H]1CC[C@@]2(C)C(CC[C@@H]3C2CC[C@@]2(C)C3CC[C@@H]2C(=O)COC(=O)Oc2ccc(N)cc2)C1. The van der Waals surface area contributed by atoms with Gasteiger partial charge in [0.2, 0.25) is 0 Å². The van der Waals surface area contributed by atoms with Crippen LogP contribution in [-0.4, -0.2) is 18.5 Å². The zero-order valence-corrected chi connectivity index (χ0v) is 21.1. The first-order valence-electron chi connectivity index (χ1n) is 13.4. The lowest BCUT2D eigenvalue weighted by molar-refractivity contribution is -0.139. The van der Waals surface area contributed by atoms with Crippen LogP contribution in [0.25, 0.3) is 0 Å². The number of anilines is 1. The number of hydrogen-bond acceptors (Lipinski definition) is 5. The largest absolute Gasteiger partial charge is 0.514 e. The minimum atomic E-state index is -0.834. The standard InChI is InChI=1S/C29H41NO4/c1-18-12-14-28(2)19(16-18)4-9-22-23-10-11-25(29(23,3)15-13-24(22)28)26(31)17-33-27(32)34-21-7-5-20(30)6-8-21/h5-8,18-19,22-25H,4,9-17,30H2,1-3H3/t18-,19?,22-,23?,24?,25+,28-,29-/m0/s1. The Morgan fingerprint density at radius 1 is 0.941 bits per heavy atom. The molecule has 0 heterocycles. The van der Waals surface area contributed by atoms with Crippen molar-refractivity contribution in [3.05, 3.63) is 24.3 Å². The predicted octanol–water partition coefficient (Wildman–Crippen LogP) is 6.65. The summed E-state index contributed by atoms with van der Waals surface area (Å²) in [7, 11) is 0. The number of ether oxygens (including phenoxy) is 2. The Morgan fingerprint density at radius 3 is 2.41 bits per heavy atom. The van der Waals surface area contributed by atoms with Crippen molar-refractivity contribution in [2.45, 2.75) is 78.6 Å². The first-order valence-corrected chi connectivity index (χ1v) is 13.4. The third kappa shape index (κ3) is 4.03. The van der Waals surface area contributed by atoms with Crippen LogP contribution in [0, 0.1) is 46.3 Å². The highest BCUT2D eigenvalue weighted by Crippen LogP contribution is 2.67. The Kier molecular flexibility index (Phi) is 6.18. The van der Waals surface area contributed by atoms with Crippen LogP contribution < -0.4 is 10.5 Å². The first-order chi connectivity index (χ1) is 16.2. The van der Waals surface area contributed by atoms with Gasteiger partial charge in [-0.1, -0.05) is 27.2 Å². The summed E-state index contributed by atoms with van der Waals surface area (Å²) in [5, 5.41) is 0. The molecule has 0 aliphatic heterocycles. The number of carbonyl (C=O) groups excluding carboxylic acids is 2. The van der Waals surface area contributed by atoms with Crippen LogP contribution in [0.1, 0.15) is 78.6 Å². The van der Waals surface area contributed by atoms with Crippen LogP contribution >= 0.6 is 0 Å². The summed E-state index contributed by atoms with van der Waals surface area (Å²) >= 11 is 0. The number of Topliss-reactive ketones (excluding diaryl/α,β-unsaturated/α-hetero) is 1. The lowest BCUT2D eigenvalue weighted by atomic mass is 9.44. The van der Waals surface area contributed by atoms with Gasteiger partial charge in [-0.25, -0.2) is 4.79 Å². The highest BCUT2D eigenvalue weighted by Gasteiger charge is 2.61. The maximum atomic E-state index is 13.2. The Hall–Kier alpha value is -2.04. The number of nitrogens with two attached hydrogens (primary N) is 1. The molecule has 0 spiro atoms. The van der Waals surface area contributed by atoms with Crippen LogP contribution in [0.15, 0.2) is 24.3 Å². The molecule has 34 heavy (non-hydrogen) atoms. The van der Waals surface area contributed by atoms with Gasteiger partial charge in [-0.15, -0.1) is 0 Å². The lowest BCUT2D eigenvalue weighted by Gasteiger charge is -2.61. The van der Waals surface area contributed by atoms with Crippen molar-refractivity contribution < 1.29 is 19.1 Å². The van der Waals surface area contributed by atoms with Gasteiger partial charge >= 0.3 is 6.16 Å². The topological polar surface area (TPSA) is 78.6 Å². The summed E-state index contributed by atoms with van der Waals surface area (Å²) < 4.78 is 10.4. The lowest BCUT2D eigenvalue weighted by Crippen LogP contribution is -2.53. The van der Waals surface area contributed by atoms with Crippen molar-refractivity contribution in [3.8, 4) is 5.75 Å². The van der Waals surface area contributed by atoms with E-state index >= 15 is 0 Å². The molecule has 0 radical (unpaired) electrons. The van der Waals surface area contributed by atoms with E-state index in [0.29, 0.717) is 22.8 Å². The number of rotatable bonds is 4. The zero-order chi connectivity index (χ0) is 24.1. The van der Waals surface area contributed by atoms with E-state index in [0.717, 1.165) is 42.9 Å². The molecular weight excluding hydrogens is 426 g/mol. The third-order valence-corrected chi connectivity index (χ3v) is 10.7. The molecule has 0 bridgehead atoms. The smallest absolute Gasteiger partial charge is 0.426 e. The number of ketones is 1. The molecule has 186 valence electrons. The number of hydrogen-bond donors (Lipinski definition) is 1. The van der Waals surface area contributed by atoms with Crippen molar-refractivity contribution in [3.63, 3.8) is 0 Å². The fourth-order valence-electron chi connectivity index (χ4n) is 8.89. The van der Waals surface area contributed by atoms with Crippen molar-refractivity contribution in [2.24, 2.45) is 46.3 Å². The second-order valence-corrected chi connectivity index (χ2v) is 12.4. The maximum absolute atomic E-state index is 13.2. The first kappa shape index (κ1) is 23.7. The predicted molar refractivity (Wildman–Crippen MR) is 132 cm³/mol. The molecule has 1 aromatic carbocycles. The van der Waals surface area contributed by atoms with E-state index in [1.807, 2.05) is 0 Å². The quantitative estimate of drug-likeness (QED) is 0.305. The van der Waals surface area contributed by atoms with E-state index in [4.69, 9.17) is 15.2 Å². The zero-order valence-electron chi connectivity index (χ0n) is 21.1. The Labute approximate surface area is 204 Å². The van der Waals surface area contributed by atoms with Gasteiger partial charge in [-0.05, 0) is 116 Å². The van der Waals surface area contributed by atoms with Crippen LogP contribution in [0.4, 0.5) is 10.5 Å². The van der Waals surface area contributed by atoms with Gasteiger partial charge in [0.15, 0.2) is 12.4 Å². The average molecular weight is 468 g/mol. The van der Waals surface area contributed by atoms with E-state index < -0.39 is 6.16 Å². The Bertz CT molecular complexity index is 929. The molecule has 4 saturated carbocycles. The highest BCUT2D eigenvalue weighted by molar-refractivity contribution is 5.85. The molecule has 3 unspecified atom stereocenters. The fourth-order valence-corrected chi connectivity index (χ4v) is 8.89. The van der Waals surface area contributed by atoms with Crippen LogP contribution in [0.5, 0.6) is 5.75 Å². The molecule has 4 aliphatic rings. The second kappa shape index (κ2) is 8.87. The molecule has 4 fully saturated rings. The molecule has 5 rings (SSSR count). The monoisotopic (exact) mass is 467 g/mol. The third-order valence-electron chi connectivity index (χ3n) is 10.7. The number of nitrogen functional groups attached to an aromatic ring is 1. The highest BCUT2D eigenvalue weighted by atomic mass is 16.7. The van der Waals surface area contributed by atoms with Crippen LogP contribution in [0.3, 0.4) is 0 Å². The van der Waals surface area contributed by atoms with Crippen molar-refractivity contribution >= 4 is 17.6 Å². The molecular formula is C29H41NO4. The molecule has 0 aromatic heterocycles. The van der Waals surface area contributed by atoms with Crippen molar-refractivity contribution in [1.29, 1.82) is 0 Å². The molecule has 5 nitrogen and oxygen atoms in total.